The van der Waals surface area contributed by atoms with Gasteiger partial charge in [-0.15, -0.1) is 0 Å². The maximum Gasteiger partial charge on any atom is 2.00 e. The van der Waals surface area contributed by atoms with Gasteiger partial charge in [-0.3, -0.25) is 15.0 Å². The van der Waals surface area contributed by atoms with E-state index in [1.54, 1.807) is 0 Å². The largest absolute Gasteiger partial charge is 2.00 e. The van der Waals surface area contributed by atoms with Gasteiger partial charge in [-0.05, 0) is 6.92 Å². The summed E-state index contributed by atoms with van der Waals surface area (Å²) in [6, 6.07) is 0. The predicted molar refractivity (Wildman–Crippen MR) is 54.7 cm³/mol. The Morgan fingerprint density at radius 3 is 0.941 bits per heavy atom. The van der Waals surface area contributed by atoms with Crippen LogP contribution in [0.5, 0.6) is 0 Å². The molecule has 0 atom stereocenters. The zero-order valence-corrected chi connectivity index (χ0v) is 11.9. The Hall–Kier alpha value is -0.990. The van der Waals surface area contributed by atoms with Crippen LogP contribution in [0.4, 0.5) is 0 Å². The summed E-state index contributed by atoms with van der Waals surface area (Å²) in [5.41, 5.74) is 4.69. The number of nitrogens with one attached hydrogen (secondary N) is 1. The second-order valence-electron chi connectivity index (χ2n) is 2.37. The fraction of sp³-hybridized carbons (Fsp3) is 0.375. The van der Waals surface area contributed by atoms with Crippen LogP contribution in [0, 0.1) is 5.41 Å². The maximum absolute atomic E-state index is 9.48. The van der Waals surface area contributed by atoms with Crippen LogP contribution in [-0.2, 0) is 19.2 Å². The van der Waals surface area contributed by atoms with E-state index in [1.807, 2.05) is 0 Å². The molecule has 0 fully saturated rings. The summed E-state index contributed by atoms with van der Waals surface area (Å²) in [5.74, 6) is -4.96. The topological polar surface area (TPSA) is 164 Å². The standard InChI is InChI=1S/2C3H4O3.C2H6N2.Ca/c2*1-2(4)3(5)6;1-2(3)4;/h2*1H3,(H,5,6);1H3,(H3,3,4);/q;;;+2/p-2. The van der Waals surface area contributed by atoms with Crippen molar-refractivity contribution in [2.45, 2.75) is 20.8 Å². The summed E-state index contributed by atoms with van der Waals surface area (Å²) < 4.78 is 0. The van der Waals surface area contributed by atoms with Crippen molar-refractivity contribution >= 4 is 67.1 Å². The fourth-order valence-corrected chi connectivity index (χ4v) is 0. The van der Waals surface area contributed by atoms with Gasteiger partial charge in [-0.2, -0.15) is 0 Å². The quantitative estimate of drug-likeness (QED) is 0.225. The van der Waals surface area contributed by atoms with Gasteiger partial charge in [0.2, 0.25) is 0 Å². The molecule has 3 N–H and O–H groups in total. The molecule has 0 aliphatic rings. The van der Waals surface area contributed by atoms with Gasteiger partial charge in [0.25, 0.3) is 0 Å². The van der Waals surface area contributed by atoms with E-state index in [0.717, 1.165) is 13.8 Å². The molecule has 0 saturated carbocycles. The monoisotopic (exact) mass is 272 g/mol. The molecule has 0 unspecified atom stereocenters. The number of amidine groups is 1. The SMILES string of the molecule is CC(=N)N.CC(=O)C(=O)[O-].CC(=O)C(=O)[O-].[Ca+2]. The van der Waals surface area contributed by atoms with Gasteiger partial charge < -0.3 is 25.5 Å². The van der Waals surface area contributed by atoms with Gasteiger partial charge >= 0.3 is 37.7 Å². The first-order valence-corrected chi connectivity index (χ1v) is 3.76. The van der Waals surface area contributed by atoms with Gasteiger partial charge in [-0.25, -0.2) is 0 Å². The number of carboxylic acid groups (broad SMARTS) is 2. The molecular weight excluding hydrogens is 260 g/mol. The molecule has 8 nitrogen and oxygen atoms in total. The summed E-state index contributed by atoms with van der Waals surface area (Å²) in [6.07, 6.45) is 0. The van der Waals surface area contributed by atoms with Crippen LogP contribution in [0.2, 0.25) is 0 Å². The summed E-state index contributed by atoms with van der Waals surface area (Å²) in [7, 11) is 0. The number of hydrogen-bond acceptors (Lipinski definition) is 7. The molecule has 0 rings (SSSR count). The maximum atomic E-state index is 9.48. The van der Waals surface area contributed by atoms with E-state index in [1.165, 1.54) is 6.92 Å². The van der Waals surface area contributed by atoms with Crippen molar-refractivity contribution in [3.8, 4) is 0 Å². The van der Waals surface area contributed by atoms with E-state index >= 15 is 0 Å². The van der Waals surface area contributed by atoms with Crippen LogP contribution in [0.15, 0.2) is 0 Å². The summed E-state index contributed by atoms with van der Waals surface area (Å²) in [6.45, 7) is 3.41. The van der Waals surface area contributed by atoms with Gasteiger partial charge in [0, 0.05) is 13.8 Å². The molecular formula is C8H12CaN2O6. The Morgan fingerprint density at radius 2 is 0.941 bits per heavy atom. The minimum atomic E-state index is -1.63. The molecule has 0 aliphatic carbocycles. The van der Waals surface area contributed by atoms with Crippen molar-refractivity contribution in [2.75, 3.05) is 0 Å². The van der Waals surface area contributed by atoms with Crippen LogP contribution in [-0.4, -0.2) is 67.1 Å². The third-order valence-corrected chi connectivity index (χ3v) is 0.575. The smallest absolute Gasteiger partial charge is 0.542 e. The van der Waals surface area contributed by atoms with Crippen molar-refractivity contribution in [1.29, 1.82) is 5.41 Å². The van der Waals surface area contributed by atoms with E-state index in [2.05, 4.69) is 0 Å². The Kier molecular flexibility index (Phi) is 22.1. The van der Waals surface area contributed by atoms with Gasteiger partial charge in [0.1, 0.15) is 11.9 Å². The van der Waals surface area contributed by atoms with Crippen LogP contribution in [0.3, 0.4) is 0 Å². The van der Waals surface area contributed by atoms with Crippen molar-refractivity contribution in [1.82, 2.24) is 0 Å². The number of hydrogen-bond donors (Lipinski definition) is 2. The third-order valence-electron chi connectivity index (χ3n) is 0.575. The number of rotatable bonds is 2. The first kappa shape index (κ1) is 25.0. The Morgan fingerprint density at radius 1 is 0.882 bits per heavy atom. The molecule has 0 aromatic heterocycles. The Bertz CT molecular complexity index is 250. The zero-order valence-electron chi connectivity index (χ0n) is 9.73. The number of ketones is 2. The minimum Gasteiger partial charge on any atom is -0.542 e. The predicted octanol–water partition coefficient (Wildman–Crippen LogP) is -3.79. The second kappa shape index (κ2) is 15.0. The van der Waals surface area contributed by atoms with Crippen molar-refractivity contribution < 1.29 is 29.4 Å². The molecule has 0 aromatic carbocycles. The average Bonchev–Trinajstić information content (AvgIpc) is 2.03. The fourth-order valence-electron chi connectivity index (χ4n) is 0. The molecule has 9 heteroatoms. The number of nitrogens with two attached hydrogens (primary N) is 1. The average molecular weight is 272 g/mol. The molecule has 0 heterocycles. The zero-order chi connectivity index (χ0) is 13.9. The first-order valence-electron chi connectivity index (χ1n) is 3.76. The number of carbonyl (C=O) groups is 4. The molecule has 92 valence electrons. The molecule has 0 spiro atoms. The van der Waals surface area contributed by atoms with Crippen LogP contribution >= 0.6 is 0 Å². The third kappa shape index (κ3) is 51.7. The molecule has 0 aromatic rings. The van der Waals surface area contributed by atoms with E-state index in [-0.39, 0.29) is 43.6 Å². The molecule has 17 heavy (non-hydrogen) atoms. The van der Waals surface area contributed by atoms with Crippen LogP contribution < -0.4 is 15.9 Å². The van der Waals surface area contributed by atoms with Crippen molar-refractivity contribution in [3.05, 3.63) is 0 Å². The van der Waals surface area contributed by atoms with Gasteiger partial charge in [-0.1, -0.05) is 0 Å². The second-order valence-corrected chi connectivity index (χ2v) is 2.37. The number of aliphatic carboxylic acids is 2. The van der Waals surface area contributed by atoms with E-state index in [9.17, 15) is 29.4 Å². The van der Waals surface area contributed by atoms with Gasteiger partial charge in [0.15, 0.2) is 11.6 Å². The normalized spacial score (nSPS) is 6.76. The molecule has 0 bridgehead atoms. The van der Waals surface area contributed by atoms with Crippen molar-refractivity contribution in [2.24, 2.45) is 5.73 Å². The molecule has 0 saturated heterocycles. The van der Waals surface area contributed by atoms with E-state index in [0.29, 0.717) is 0 Å². The number of carbonyl (C=O) groups excluding carboxylic acids is 4. The summed E-state index contributed by atoms with van der Waals surface area (Å²) in [5, 5.41) is 24.8. The number of Topliss-reactive ketones (excluding diaryl/α,β-unsaturated/α-hetero) is 2. The molecule has 0 aliphatic heterocycles. The van der Waals surface area contributed by atoms with E-state index < -0.39 is 23.5 Å². The van der Waals surface area contributed by atoms with Gasteiger partial charge in [0.05, 0.1) is 5.84 Å². The minimum absolute atomic E-state index is 0. The van der Waals surface area contributed by atoms with Crippen LogP contribution in [0.1, 0.15) is 20.8 Å². The Balaban J connectivity index is -0.0000000741. The molecule has 0 amide bonds. The van der Waals surface area contributed by atoms with Crippen LogP contribution in [0.25, 0.3) is 0 Å². The van der Waals surface area contributed by atoms with E-state index in [4.69, 9.17) is 11.1 Å². The Labute approximate surface area is 128 Å². The molecule has 0 radical (unpaired) electrons. The van der Waals surface area contributed by atoms with Crippen molar-refractivity contribution in [3.63, 3.8) is 0 Å². The first-order chi connectivity index (χ1) is 7.02. The summed E-state index contributed by atoms with van der Waals surface area (Å²) in [4.78, 5) is 37.4. The number of carboxylic acids is 2. The summed E-state index contributed by atoms with van der Waals surface area (Å²) >= 11 is 0.